The van der Waals surface area contributed by atoms with Crippen molar-refractivity contribution in [2.45, 2.75) is 50.7 Å². The zero-order chi connectivity index (χ0) is 15.9. The van der Waals surface area contributed by atoms with Crippen LogP contribution in [0.3, 0.4) is 0 Å². The quantitative estimate of drug-likeness (QED) is 0.730. The lowest BCUT2D eigenvalue weighted by molar-refractivity contribution is 0.173. The summed E-state index contributed by atoms with van der Waals surface area (Å²) in [5.41, 5.74) is 1.06. The molecular formula is C15H26N2O3S. The van der Waals surface area contributed by atoms with Gasteiger partial charge in [-0.25, -0.2) is 13.1 Å². The van der Waals surface area contributed by atoms with Crippen molar-refractivity contribution in [3.05, 3.63) is 29.8 Å². The Morgan fingerprint density at radius 1 is 1.19 bits per heavy atom. The van der Waals surface area contributed by atoms with Crippen LogP contribution in [0.25, 0.3) is 0 Å². The fraction of sp³-hybridized carbons (Fsp3) is 0.600. The van der Waals surface area contributed by atoms with Crippen LogP contribution in [0.15, 0.2) is 29.2 Å². The second-order valence-corrected chi connectivity index (χ2v) is 7.08. The van der Waals surface area contributed by atoms with Crippen molar-refractivity contribution in [2.75, 3.05) is 13.7 Å². The second-order valence-electron chi connectivity index (χ2n) is 5.36. The summed E-state index contributed by atoms with van der Waals surface area (Å²) >= 11 is 0. The molecule has 1 rings (SSSR count). The van der Waals surface area contributed by atoms with Crippen LogP contribution in [0.2, 0.25) is 0 Å². The summed E-state index contributed by atoms with van der Waals surface area (Å²) in [6.45, 7) is 7.17. The maximum Gasteiger partial charge on any atom is 0.240 e. The first-order valence-electron chi connectivity index (χ1n) is 7.22. The molecule has 0 spiro atoms. The molecule has 1 aromatic carbocycles. The molecule has 1 atom stereocenters. The molecule has 0 amide bonds. The van der Waals surface area contributed by atoms with Crippen LogP contribution in [0.4, 0.5) is 0 Å². The highest BCUT2D eigenvalue weighted by molar-refractivity contribution is 7.89. The Kier molecular flexibility index (Phi) is 7.31. The Morgan fingerprint density at radius 2 is 1.81 bits per heavy atom. The van der Waals surface area contributed by atoms with E-state index in [1.165, 1.54) is 0 Å². The first-order chi connectivity index (χ1) is 9.89. The van der Waals surface area contributed by atoms with Crippen LogP contribution in [0, 0.1) is 0 Å². The molecule has 1 aromatic rings. The molecule has 6 heteroatoms. The standard InChI is InChI=1S/C15H26N2O3S/c1-5-14(11-20-4)17-21(18,19)15-8-6-13(7-9-15)10-16-12(2)3/h6-9,12,14,16-17H,5,10-11H2,1-4H3. The maximum absolute atomic E-state index is 12.3. The molecule has 1 unspecified atom stereocenters. The molecule has 21 heavy (non-hydrogen) atoms. The van der Waals surface area contributed by atoms with Gasteiger partial charge in [0.2, 0.25) is 10.0 Å². The Hall–Kier alpha value is -0.950. The largest absolute Gasteiger partial charge is 0.383 e. The van der Waals surface area contributed by atoms with Crippen molar-refractivity contribution in [2.24, 2.45) is 0 Å². The molecule has 5 nitrogen and oxygen atoms in total. The third kappa shape index (κ3) is 6.13. The van der Waals surface area contributed by atoms with E-state index in [0.29, 0.717) is 19.1 Å². The SMILES string of the molecule is CCC(COC)NS(=O)(=O)c1ccc(CNC(C)C)cc1. The van der Waals surface area contributed by atoms with E-state index in [4.69, 9.17) is 4.74 Å². The smallest absolute Gasteiger partial charge is 0.240 e. The van der Waals surface area contributed by atoms with Gasteiger partial charge in [-0.2, -0.15) is 0 Å². The summed E-state index contributed by atoms with van der Waals surface area (Å²) < 4.78 is 32.2. The van der Waals surface area contributed by atoms with Crippen LogP contribution in [-0.4, -0.2) is 34.2 Å². The van der Waals surface area contributed by atoms with Crippen LogP contribution >= 0.6 is 0 Å². The van der Waals surface area contributed by atoms with Crippen molar-refractivity contribution >= 4 is 10.0 Å². The van der Waals surface area contributed by atoms with E-state index in [2.05, 4.69) is 23.9 Å². The Balaban J connectivity index is 2.75. The topological polar surface area (TPSA) is 67.4 Å². The van der Waals surface area contributed by atoms with Gasteiger partial charge in [0, 0.05) is 25.7 Å². The number of sulfonamides is 1. The van der Waals surface area contributed by atoms with Gasteiger partial charge in [-0.15, -0.1) is 0 Å². The highest BCUT2D eigenvalue weighted by atomic mass is 32.2. The molecule has 120 valence electrons. The average Bonchev–Trinajstić information content (AvgIpc) is 2.45. The van der Waals surface area contributed by atoms with E-state index in [0.717, 1.165) is 12.1 Å². The van der Waals surface area contributed by atoms with Crippen LogP contribution in [0.5, 0.6) is 0 Å². The summed E-state index contributed by atoms with van der Waals surface area (Å²) in [6, 6.07) is 7.14. The predicted molar refractivity (Wildman–Crippen MR) is 84.7 cm³/mol. The lowest BCUT2D eigenvalue weighted by Crippen LogP contribution is -2.37. The van der Waals surface area contributed by atoms with Gasteiger partial charge < -0.3 is 10.1 Å². The fourth-order valence-corrected chi connectivity index (χ4v) is 3.14. The molecule has 0 radical (unpaired) electrons. The number of methoxy groups -OCH3 is 1. The number of hydrogen-bond acceptors (Lipinski definition) is 4. The second kappa shape index (κ2) is 8.48. The normalized spacial score (nSPS) is 13.6. The predicted octanol–water partition coefficient (Wildman–Crippen LogP) is 1.89. The molecule has 0 aromatic heterocycles. The summed E-state index contributed by atoms with van der Waals surface area (Å²) in [5, 5.41) is 3.30. The minimum Gasteiger partial charge on any atom is -0.383 e. The molecule has 0 bridgehead atoms. The lowest BCUT2D eigenvalue weighted by Gasteiger charge is -2.16. The van der Waals surface area contributed by atoms with Gasteiger partial charge in [0.1, 0.15) is 0 Å². The van der Waals surface area contributed by atoms with Crippen molar-refractivity contribution in [1.29, 1.82) is 0 Å². The Labute approximate surface area is 128 Å². The average molecular weight is 314 g/mol. The van der Waals surface area contributed by atoms with E-state index in [9.17, 15) is 8.42 Å². The van der Waals surface area contributed by atoms with Crippen molar-refractivity contribution in [1.82, 2.24) is 10.0 Å². The van der Waals surface area contributed by atoms with Crippen molar-refractivity contribution in [3.8, 4) is 0 Å². The van der Waals surface area contributed by atoms with Crippen LogP contribution in [0.1, 0.15) is 32.8 Å². The molecule has 2 N–H and O–H groups in total. The van der Waals surface area contributed by atoms with E-state index in [1.54, 1.807) is 19.2 Å². The number of hydrogen-bond donors (Lipinski definition) is 2. The highest BCUT2D eigenvalue weighted by Crippen LogP contribution is 2.12. The van der Waals surface area contributed by atoms with Gasteiger partial charge in [0.05, 0.1) is 11.5 Å². The maximum atomic E-state index is 12.3. The number of rotatable bonds is 9. The monoisotopic (exact) mass is 314 g/mol. The van der Waals surface area contributed by atoms with Crippen LogP contribution in [-0.2, 0) is 21.3 Å². The third-order valence-corrected chi connectivity index (χ3v) is 4.67. The van der Waals surface area contributed by atoms with E-state index >= 15 is 0 Å². The zero-order valence-electron chi connectivity index (χ0n) is 13.2. The minimum atomic E-state index is -3.49. The van der Waals surface area contributed by atoms with E-state index < -0.39 is 10.0 Å². The molecular weight excluding hydrogens is 288 g/mol. The fourth-order valence-electron chi connectivity index (χ4n) is 1.83. The zero-order valence-corrected chi connectivity index (χ0v) is 14.0. The summed E-state index contributed by atoms with van der Waals surface area (Å²) in [6.07, 6.45) is 0.684. The van der Waals surface area contributed by atoms with Crippen molar-refractivity contribution in [3.63, 3.8) is 0 Å². The highest BCUT2D eigenvalue weighted by Gasteiger charge is 2.18. The molecule has 0 saturated heterocycles. The van der Waals surface area contributed by atoms with Crippen molar-refractivity contribution < 1.29 is 13.2 Å². The third-order valence-electron chi connectivity index (χ3n) is 3.13. The van der Waals surface area contributed by atoms with Gasteiger partial charge in [0.25, 0.3) is 0 Å². The number of ether oxygens (including phenoxy) is 1. The number of benzene rings is 1. The lowest BCUT2D eigenvalue weighted by atomic mass is 10.2. The first-order valence-corrected chi connectivity index (χ1v) is 8.71. The number of nitrogens with one attached hydrogen (secondary N) is 2. The van der Waals surface area contributed by atoms with E-state index in [-0.39, 0.29) is 10.9 Å². The van der Waals surface area contributed by atoms with Gasteiger partial charge in [-0.1, -0.05) is 32.9 Å². The molecule has 0 aliphatic heterocycles. The molecule has 0 aliphatic carbocycles. The van der Waals surface area contributed by atoms with Gasteiger partial charge in [0.15, 0.2) is 0 Å². The molecule has 0 fully saturated rings. The molecule has 0 saturated carbocycles. The molecule has 0 heterocycles. The van der Waals surface area contributed by atoms with Gasteiger partial charge in [-0.3, -0.25) is 0 Å². The summed E-state index contributed by atoms with van der Waals surface area (Å²) in [4.78, 5) is 0.283. The Bertz CT molecular complexity index is 512. The summed E-state index contributed by atoms with van der Waals surface area (Å²) in [5.74, 6) is 0. The van der Waals surface area contributed by atoms with Gasteiger partial charge in [-0.05, 0) is 24.1 Å². The van der Waals surface area contributed by atoms with Crippen LogP contribution < -0.4 is 10.0 Å². The minimum absolute atomic E-state index is 0.206. The molecule has 0 aliphatic rings. The Morgan fingerprint density at radius 3 is 2.29 bits per heavy atom. The first kappa shape index (κ1) is 18.1. The van der Waals surface area contributed by atoms with Gasteiger partial charge >= 0.3 is 0 Å². The summed E-state index contributed by atoms with van der Waals surface area (Å²) in [7, 11) is -1.93. The van der Waals surface area contributed by atoms with E-state index in [1.807, 2.05) is 19.1 Å².